The van der Waals surface area contributed by atoms with Gasteiger partial charge in [-0.2, -0.15) is 0 Å². The Bertz CT molecular complexity index is 389. The Hall–Kier alpha value is -1.39. The normalized spacial score (nSPS) is 19.6. The molecule has 17 heavy (non-hydrogen) atoms. The first-order valence-electron chi connectivity index (χ1n) is 5.91. The van der Waals surface area contributed by atoms with Crippen LogP contribution in [-0.4, -0.2) is 25.0 Å². The SMILES string of the molecule is CC(=O)c1ccc(N2CCCC2CON)cc1. The summed E-state index contributed by atoms with van der Waals surface area (Å²) >= 11 is 0. The predicted molar refractivity (Wildman–Crippen MR) is 67.0 cm³/mol. The van der Waals surface area contributed by atoms with Crippen molar-refractivity contribution in [3.63, 3.8) is 0 Å². The lowest BCUT2D eigenvalue weighted by Crippen LogP contribution is -2.33. The highest BCUT2D eigenvalue weighted by Gasteiger charge is 2.24. The molecule has 1 unspecified atom stereocenters. The second-order valence-corrected chi connectivity index (χ2v) is 4.43. The van der Waals surface area contributed by atoms with Gasteiger partial charge in [-0.3, -0.25) is 4.79 Å². The van der Waals surface area contributed by atoms with Gasteiger partial charge in [-0.1, -0.05) is 0 Å². The van der Waals surface area contributed by atoms with E-state index in [1.54, 1.807) is 6.92 Å². The van der Waals surface area contributed by atoms with E-state index in [1.165, 1.54) is 0 Å². The molecule has 0 amide bonds. The summed E-state index contributed by atoms with van der Waals surface area (Å²) in [5, 5.41) is 0. The maximum Gasteiger partial charge on any atom is 0.159 e. The molecule has 4 nitrogen and oxygen atoms in total. The first-order chi connectivity index (χ1) is 8.22. The summed E-state index contributed by atoms with van der Waals surface area (Å²) < 4.78 is 0. The van der Waals surface area contributed by atoms with Crippen molar-refractivity contribution in [3.8, 4) is 0 Å². The van der Waals surface area contributed by atoms with Gasteiger partial charge in [-0.25, -0.2) is 5.90 Å². The zero-order valence-corrected chi connectivity index (χ0v) is 10.1. The van der Waals surface area contributed by atoms with Gasteiger partial charge in [-0.15, -0.1) is 0 Å². The number of nitrogens with zero attached hydrogens (tertiary/aromatic N) is 1. The third-order valence-corrected chi connectivity index (χ3v) is 3.27. The minimum Gasteiger partial charge on any atom is -0.366 e. The van der Waals surface area contributed by atoms with Gasteiger partial charge >= 0.3 is 0 Å². The summed E-state index contributed by atoms with van der Waals surface area (Å²) in [5.74, 6) is 5.24. The molecule has 1 aliphatic heterocycles. The number of ketones is 1. The Balaban J connectivity index is 2.13. The topological polar surface area (TPSA) is 55.6 Å². The third kappa shape index (κ3) is 2.65. The standard InChI is InChI=1S/C13H18N2O2/c1-10(16)11-4-6-12(7-5-11)15-8-2-3-13(15)9-17-14/h4-7,13H,2-3,8-9,14H2,1H3. The molecule has 2 rings (SSSR count). The quantitative estimate of drug-likeness (QED) is 0.637. The molecular formula is C13H18N2O2. The maximum atomic E-state index is 11.2. The lowest BCUT2D eigenvalue weighted by molar-refractivity contribution is 0.101. The summed E-state index contributed by atoms with van der Waals surface area (Å²) in [6.45, 7) is 3.15. The average Bonchev–Trinajstić information content (AvgIpc) is 2.78. The van der Waals surface area contributed by atoms with Crippen molar-refractivity contribution in [2.45, 2.75) is 25.8 Å². The monoisotopic (exact) mass is 234 g/mol. The largest absolute Gasteiger partial charge is 0.366 e. The van der Waals surface area contributed by atoms with E-state index < -0.39 is 0 Å². The number of benzene rings is 1. The number of Topliss-reactive ketones (excluding diaryl/α,β-unsaturated/α-hetero) is 1. The molecule has 0 saturated carbocycles. The van der Waals surface area contributed by atoms with Crippen molar-refractivity contribution < 1.29 is 9.63 Å². The van der Waals surface area contributed by atoms with E-state index >= 15 is 0 Å². The van der Waals surface area contributed by atoms with E-state index in [9.17, 15) is 4.79 Å². The number of hydrogen-bond acceptors (Lipinski definition) is 4. The number of nitrogens with two attached hydrogens (primary N) is 1. The third-order valence-electron chi connectivity index (χ3n) is 3.27. The van der Waals surface area contributed by atoms with Crippen molar-refractivity contribution in [3.05, 3.63) is 29.8 Å². The second-order valence-electron chi connectivity index (χ2n) is 4.43. The number of hydrogen-bond donors (Lipinski definition) is 1. The molecule has 4 heteroatoms. The Morgan fingerprint density at radius 2 is 2.18 bits per heavy atom. The van der Waals surface area contributed by atoms with Gasteiger partial charge in [0.1, 0.15) is 0 Å². The zero-order valence-electron chi connectivity index (χ0n) is 10.1. The van der Waals surface area contributed by atoms with Gasteiger partial charge in [0, 0.05) is 17.8 Å². The molecule has 1 heterocycles. The van der Waals surface area contributed by atoms with Gasteiger partial charge < -0.3 is 9.74 Å². The molecule has 0 aliphatic carbocycles. The van der Waals surface area contributed by atoms with Crippen molar-refractivity contribution in [1.29, 1.82) is 0 Å². The first kappa shape index (κ1) is 12.1. The van der Waals surface area contributed by atoms with Crippen LogP contribution >= 0.6 is 0 Å². The first-order valence-corrected chi connectivity index (χ1v) is 5.91. The Labute approximate surface area is 101 Å². The summed E-state index contributed by atoms with van der Waals surface area (Å²) in [5.41, 5.74) is 1.88. The molecule has 1 saturated heterocycles. The highest BCUT2D eigenvalue weighted by atomic mass is 16.6. The average molecular weight is 234 g/mol. The number of rotatable bonds is 4. The highest BCUT2D eigenvalue weighted by molar-refractivity contribution is 5.94. The van der Waals surface area contributed by atoms with E-state index in [0.717, 1.165) is 30.6 Å². The lowest BCUT2D eigenvalue weighted by atomic mass is 10.1. The summed E-state index contributed by atoms with van der Waals surface area (Å²) in [6.07, 6.45) is 2.26. The minimum atomic E-state index is 0.0970. The molecule has 0 spiro atoms. The molecule has 2 N–H and O–H groups in total. The number of anilines is 1. The molecule has 1 aromatic rings. The predicted octanol–water partition coefficient (Wildman–Crippen LogP) is 1.75. The van der Waals surface area contributed by atoms with Crippen LogP contribution in [0.25, 0.3) is 0 Å². The van der Waals surface area contributed by atoms with Crippen LogP contribution in [0.2, 0.25) is 0 Å². The Morgan fingerprint density at radius 3 is 2.76 bits per heavy atom. The minimum absolute atomic E-state index is 0.0970. The van der Waals surface area contributed by atoms with Crippen LogP contribution in [0, 0.1) is 0 Å². The summed E-state index contributed by atoms with van der Waals surface area (Å²) in [6, 6.07) is 8.08. The zero-order chi connectivity index (χ0) is 12.3. The Kier molecular flexibility index (Phi) is 3.76. The molecular weight excluding hydrogens is 216 g/mol. The smallest absolute Gasteiger partial charge is 0.159 e. The molecule has 0 radical (unpaired) electrons. The number of carbonyl (C=O) groups is 1. The highest BCUT2D eigenvalue weighted by Crippen LogP contribution is 2.25. The van der Waals surface area contributed by atoms with Gasteiger partial charge in [0.05, 0.1) is 12.6 Å². The Morgan fingerprint density at radius 1 is 1.47 bits per heavy atom. The molecule has 0 aromatic heterocycles. The van der Waals surface area contributed by atoms with Crippen LogP contribution in [0.1, 0.15) is 30.1 Å². The van der Waals surface area contributed by atoms with Crippen LogP contribution in [0.15, 0.2) is 24.3 Å². The molecule has 0 bridgehead atoms. The van der Waals surface area contributed by atoms with Gasteiger partial charge in [0.15, 0.2) is 5.78 Å². The molecule has 92 valence electrons. The molecule has 1 aromatic carbocycles. The lowest BCUT2D eigenvalue weighted by Gasteiger charge is -2.26. The van der Waals surface area contributed by atoms with Crippen LogP contribution in [0.4, 0.5) is 5.69 Å². The van der Waals surface area contributed by atoms with Crippen LogP contribution in [0.3, 0.4) is 0 Å². The van der Waals surface area contributed by atoms with Crippen molar-refractivity contribution in [2.24, 2.45) is 5.90 Å². The van der Waals surface area contributed by atoms with Crippen molar-refractivity contribution in [1.82, 2.24) is 0 Å². The van der Waals surface area contributed by atoms with E-state index in [2.05, 4.69) is 4.90 Å². The second kappa shape index (κ2) is 5.29. The maximum absolute atomic E-state index is 11.2. The van der Waals surface area contributed by atoms with Crippen molar-refractivity contribution in [2.75, 3.05) is 18.1 Å². The molecule has 1 fully saturated rings. The van der Waals surface area contributed by atoms with E-state index in [0.29, 0.717) is 12.6 Å². The van der Waals surface area contributed by atoms with Crippen LogP contribution < -0.4 is 10.8 Å². The van der Waals surface area contributed by atoms with Crippen LogP contribution in [-0.2, 0) is 4.84 Å². The van der Waals surface area contributed by atoms with Gasteiger partial charge in [-0.05, 0) is 44.0 Å². The number of carbonyl (C=O) groups excluding carboxylic acids is 1. The molecule has 1 aliphatic rings. The van der Waals surface area contributed by atoms with Gasteiger partial charge in [0.2, 0.25) is 0 Å². The van der Waals surface area contributed by atoms with Gasteiger partial charge in [0.25, 0.3) is 0 Å². The fourth-order valence-electron chi connectivity index (χ4n) is 2.35. The fourth-order valence-corrected chi connectivity index (χ4v) is 2.35. The van der Waals surface area contributed by atoms with E-state index in [1.807, 2.05) is 24.3 Å². The summed E-state index contributed by atoms with van der Waals surface area (Å²) in [7, 11) is 0. The van der Waals surface area contributed by atoms with Crippen molar-refractivity contribution >= 4 is 11.5 Å². The summed E-state index contributed by atoms with van der Waals surface area (Å²) in [4.78, 5) is 18.2. The van der Waals surface area contributed by atoms with E-state index in [-0.39, 0.29) is 5.78 Å². The fraction of sp³-hybridized carbons (Fsp3) is 0.462. The van der Waals surface area contributed by atoms with Crippen LogP contribution in [0.5, 0.6) is 0 Å². The molecule has 1 atom stereocenters. The van der Waals surface area contributed by atoms with E-state index in [4.69, 9.17) is 10.7 Å².